The van der Waals surface area contributed by atoms with Gasteiger partial charge < -0.3 is 0 Å². The normalized spacial score (nSPS) is 24.7. The van der Waals surface area contributed by atoms with Crippen molar-refractivity contribution in [3.05, 3.63) is 104 Å². The van der Waals surface area contributed by atoms with Crippen LogP contribution >= 0.6 is 0 Å². The zero-order valence-corrected chi connectivity index (χ0v) is 47.2. The predicted octanol–water partition coefficient (Wildman–Crippen LogP) is 19.8. The van der Waals surface area contributed by atoms with Gasteiger partial charge in [0, 0.05) is 65.4 Å². The van der Waals surface area contributed by atoms with E-state index in [4.69, 9.17) is 0 Å². The van der Waals surface area contributed by atoms with Crippen LogP contribution in [0.2, 0.25) is 0 Å². The summed E-state index contributed by atoms with van der Waals surface area (Å²) in [6, 6.07) is 20.8. The summed E-state index contributed by atoms with van der Waals surface area (Å²) < 4.78 is 0. The standard InChI is InChI=1S/C25H40.C18H27.C16H23.4CH4.2Y/c1-18-8-12-24(13-9-18)25-14-10-22(11-15-25)6-5-7-23-16-19(2)21(4)20(3)17-23;1-14-7-9-17(10-8-14)5-4-6-18-12-15(2)11-16(3)13-18;1-12-4-6-15(7-5-12)11-16-9-13(2)8-14(3)10-16;;;;;;/h16-18,22,24-25H,5-15H2,1-4H3;12-14,17H,4-10H2,1-3H3;9-10,12,15H,4-7,11H2,1-3H3;4*1H4;;/q;2*-1;;;;;;. The molecule has 0 saturated heterocycles. The Morgan fingerprint density at radius 3 is 1.06 bits per heavy atom. The number of hydrogen-bond donors (Lipinski definition) is 0. The zero-order valence-electron chi connectivity index (χ0n) is 41.5. The van der Waals surface area contributed by atoms with Gasteiger partial charge in [0.1, 0.15) is 0 Å². The largest absolute Gasteiger partial charge is 0.177 e. The van der Waals surface area contributed by atoms with Gasteiger partial charge in [-0.2, -0.15) is 69.8 Å². The first-order valence-corrected chi connectivity index (χ1v) is 25.3. The second-order valence-electron chi connectivity index (χ2n) is 21.6. The predicted molar refractivity (Wildman–Crippen MR) is 285 cm³/mol. The Hall–Kier alpha value is -0.132. The van der Waals surface area contributed by atoms with Crippen molar-refractivity contribution in [1.29, 1.82) is 0 Å². The fourth-order valence-corrected chi connectivity index (χ4v) is 11.9. The third kappa shape index (κ3) is 24.5. The van der Waals surface area contributed by atoms with E-state index < -0.39 is 0 Å². The topological polar surface area (TPSA) is 0 Å². The van der Waals surface area contributed by atoms with Crippen molar-refractivity contribution >= 4 is 0 Å². The van der Waals surface area contributed by atoms with Crippen molar-refractivity contribution in [2.24, 2.45) is 47.3 Å². The zero-order chi connectivity index (χ0) is 42.3. The van der Waals surface area contributed by atoms with Gasteiger partial charge in [0.2, 0.25) is 0 Å². The molecule has 0 nitrogen and oxygen atoms in total. The van der Waals surface area contributed by atoms with E-state index in [1.165, 1.54) is 198 Å². The molecule has 0 bridgehead atoms. The molecule has 0 aliphatic heterocycles. The maximum atomic E-state index is 3.36. The van der Waals surface area contributed by atoms with Crippen molar-refractivity contribution in [3.8, 4) is 0 Å². The minimum Gasteiger partial charge on any atom is -0.177 e. The van der Waals surface area contributed by atoms with Crippen LogP contribution in [0.1, 0.15) is 235 Å². The molecule has 65 heavy (non-hydrogen) atoms. The molecule has 7 rings (SSSR count). The molecule has 4 aliphatic rings. The van der Waals surface area contributed by atoms with E-state index in [1.54, 1.807) is 5.56 Å². The quantitative estimate of drug-likeness (QED) is 0.168. The molecule has 2 heteroatoms. The van der Waals surface area contributed by atoms with Crippen LogP contribution in [0.5, 0.6) is 0 Å². The number of hydrogen-bond acceptors (Lipinski definition) is 0. The van der Waals surface area contributed by atoms with E-state index in [0.717, 1.165) is 47.3 Å². The molecule has 3 aromatic carbocycles. The summed E-state index contributed by atoms with van der Waals surface area (Å²) in [7, 11) is 0. The molecule has 0 spiro atoms. The van der Waals surface area contributed by atoms with Crippen molar-refractivity contribution in [3.63, 3.8) is 0 Å². The summed E-state index contributed by atoms with van der Waals surface area (Å²) in [5, 5.41) is 0. The third-order valence-electron chi connectivity index (χ3n) is 16.0. The Labute approximate surface area is 459 Å². The monoisotopic (exact) mass is 1040 g/mol. The first-order valence-electron chi connectivity index (χ1n) is 25.3. The fraction of sp³-hybridized carbons (Fsp3) is 0.714. The minimum absolute atomic E-state index is 0. The summed E-state index contributed by atoms with van der Waals surface area (Å²) in [4.78, 5) is 0. The van der Waals surface area contributed by atoms with Gasteiger partial charge in [-0.05, 0) is 148 Å². The molecule has 4 fully saturated rings. The van der Waals surface area contributed by atoms with E-state index in [1.807, 2.05) is 0 Å². The van der Waals surface area contributed by atoms with Crippen LogP contribution in [0.25, 0.3) is 0 Å². The smallest absolute Gasteiger partial charge is 0 e. The molecule has 0 N–H and O–H groups in total. The van der Waals surface area contributed by atoms with E-state index >= 15 is 0 Å². The van der Waals surface area contributed by atoms with Gasteiger partial charge in [0.05, 0.1) is 0 Å². The van der Waals surface area contributed by atoms with Gasteiger partial charge in [0.15, 0.2) is 0 Å². The van der Waals surface area contributed by atoms with E-state index in [-0.39, 0.29) is 95.1 Å². The van der Waals surface area contributed by atoms with Crippen molar-refractivity contribution < 1.29 is 65.4 Å². The van der Waals surface area contributed by atoms with E-state index in [0.29, 0.717) is 0 Å². The maximum Gasteiger partial charge on any atom is 0 e. The number of aryl methyl sites for hydroxylation is 8. The third-order valence-corrected chi connectivity index (χ3v) is 16.0. The number of benzene rings is 3. The van der Waals surface area contributed by atoms with Gasteiger partial charge >= 0.3 is 0 Å². The first-order chi connectivity index (χ1) is 28.3. The summed E-state index contributed by atoms with van der Waals surface area (Å²) in [6.45, 7) is 22.6. The van der Waals surface area contributed by atoms with Crippen molar-refractivity contribution in [1.82, 2.24) is 0 Å². The van der Waals surface area contributed by atoms with Crippen LogP contribution in [-0.2, 0) is 84.7 Å². The molecule has 2 radical (unpaired) electrons. The second-order valence-corrected chi connectivity index (χ2v) is 21.6. The van der Waals surface area contributed by atoms with Crippen LogP contribution < -0.4 is 0 Å². The van der Waals surface area contributed by atoms with Crippen LogP contribution in [0.3, 0.4) is 0 Å². The molecule has 0 amide bonds. The van der Waals surface area contributed by atoms with Crippen LogP contribution in [0, 0.1) is 108 Å². The van der Waals surface area contributed by atoms with Gasteiger partial charge in [0.25, 0.3) is 0 Å². The fourth-order valence-electron chi connectivity index (χ4n) is 11.9. The van der Waals surface area contributed by atoms with Crippen molar-refractivity contribution in [2.45, 2.75) is 247 Å². The summed E-state index contributed by atoms with van der Waals surface area (Å²) >= 11 is 0. The van der Waals surface area contributed by atoms with Crippen LogP contribution in [0.15, 0.2) is 36.4 Å². The average Bonchev–Trinajstić information content (AvgIpc) is 3.19. The van der Waals surface area contributed by atoms with Gasteiger partial charge in [-0.1, -0.05) is 180 Å². The molecule has 0 heterocycles. The molecule has 4 aliphatic carbocycles. The van der Waals surface area contributed by atoms with Crippen LogP contribution in [-0.4, -0.2) is 0 Å². The van der Waals surface area contributed by atoms with E-state index in [2.05, 4.69) is 118 Å². The first kappa shape index (κ1) is 66.9. The Balaban J connectivity index is 0. The molecule has 0 aromatic heterocycles. The molecule has 0 unspecified atom stereocenters. The van der Waals surface area contributed by atoms with Crippen LogP contribution in [0.4, 0.5) is 0 Å². The molecular formula is C63H106Y2-2. The molecule has 0 atom stereocenters. The Bertz CT molecular complexity index is 1590. The van der Waals surface area contributed by atoms with Gasteiger partial charge in [-0.3, -0.25) is 0 Å². The Morgan fingerprint density at radius 1 is 0.385 bits per heavy atom. The molecule has 3 aromatic rings. The van der Waals surface area contributed by atoms with E-state index in [9.17, 15) is 0 Å². The van der Waals surface area contributed by atoms with Gasteiger partial charge in [-0.15, -0.1) is 0 Å². The molecular weight excluding hydrogens is 935 g/mol. The SMILES string of the molecule is C.C.C.C.Cc1[c-]c(C)cc(CC2CCC(C)CC2)c1.Cc1[c-]c(C)cc(CCCC2CCC(C)CC2)c1.Cc1cc(CCCC2CCC(C3CCC(C)CC3)CC2)cc(C)c1C.[Y].[Y]. The van der Waals surface area contributed by atoms with Crippen molar-refractivity contribution in [2.75, 3.05) is 0 Å². The minimum atomic E-state index is 0. The summed E-state index contributed by atoms with van der Waals surface area (Å²) in [5.41, 5.74) is 14.2. The second kappa shape index (κ2) is 35.0. The number of rotatable bonds is 11. The van der Waals surface area contributed by atoms with Gasteiger partial charge in [-0.25, -0.2) is 0 Å². The Morgan fingerprint density at radius 2 is 0.677 bits per heavy atom. The molecule has 4 saturated carbocycles. The summed E-state index contributed by atoms with van der Waals surface area (Å²) in [5.74, 6) is 8.06. The maximum absolute atomic E-state index is 3.36. The Kier molecular flexibility index (Phi) is 36.1. The average molecular weight is 1040 g/mol. The molecule has 366 valence electrons. The summed E-state index contributed by atoms with van der Waals surface area (Å²) in [6.07, 6.45) is 33.2.